The van der Waals surface area contributed by atoms with Gasteiger partial charge in [0.05, 0.1) is 7.11 Å². The molecule has 1 aliphatic carbocycles. The zero-order valence-corrected chi connectivity index (χ0v) is 17.6. The third kappa shape index (κ3) is 3.53. The predicted molar refractivity (Wildman–Crippen MR) is 114 cm³/mol. The molecular formula is C24H26N2O3. The molecule has 0 unspecified atom stereocenters. The van der Waals surface area contributed by atoms with Gasteiger partial charge >= 0.3 is 0 Å². The fraction of sp³-hybridized carbons (Fsp3) is 0.333. The van der Waals surface area contributed by atoms with Crippen molar-refractivity contribution < 1.29 is 14.1 Å². The molecule has 5 heteroatoms. The summed E-state index contributed by atoms with van der Waals surface area (Å²) >= 11 is 0. The van der Waals surface area contributed by atoms with E-state index in [1.165, 1.54) is 5.56 Å². The Morgan fingerprint density at radius 3 is 2.66 bits per heavy atom. The summed E-state index contributed by atoms with van der Waals surface area (Å²) in [6.45, 7) is 7.70. The van der Waals surface area contributed by atoms with E-state index in [2.05, 4.69) is 16.5 Å². The number of fused-ring (bicyclic) bond motifs is 3. The van der Waals surface area contributed by atoms with Crippen molar-refractivity contribution in [2.45, 2.75) is 40.5 Å². The van der Waals surface area contributed by atoms with Gasteiger partial charge in [-0.3, -0.25) is 4.79 Å². The number of amides is 1. The Hall–Kier alpha value is -3.08. The molecule has 3 aromatic rings. The monoisotopic (exact) mass is 390 g/mol. The van der Waals surface area contributed by atoms with Gasteiger partial charge in [-0.25, -0.2) is 0 Å². The van der Waals surface area contributed by atoms with Crippen LogP contribution >= 0.6 is 0 Å². The number of carbonyl (C=O) groups is 1. The number of ether oxygens (including phenoxy) is 1. The highest BCUT2D eigenvalue weighted by Crippen LogP contribution is 2.40. The van der Waals surface area contributed by atoms with Gasteiger partial charge in [-0.2, -0.15) is 0 Å². The average molecular weight is 390 g/mol. The van der Waals surface area contributed by atoms with Crippen LogP contribution in [0.3, 0.4) is 0 Å². The minimum absolute atomic E-state index is 0.0137. The third-order valence-electron chi connectivity index (χ3n) is 5.43. The van der Waals surface area contributed by atoms with Crippen molar-refractivity contribution in [3.05, 3.63) is 53.1 Å². The molecule has 2 aromatic carbocycles. The number of nitrogens with one attached hydrogen (secondary N) is 1. The molecule has 1 amide bonds. The number of carbonyl (C=O) groups excluding carboxylic acids is 1. The quantitative estimate of drug-likeness (QED) is 0.649. The molecule has 150 valence electrons. The molecule has 4 rings (SSSR count). The van der Waals surface area contributed by atoms with E-state index in [4.69, 9.17) is 9.26 Å². The number of aryl methyl sites for hydroxylation is 2. The van der Waals surface area contributed by atoms with E-state index < -0.39 is 5.41 Å². The Morgan fingerprint density at radius 2 is 1.93 bits per heavy atom. The molecule has 1 aromatic heterocycles. The van der Waals surface area contributed by atoms with Gasteiger partial charge in [0.1, 0.15) is 11.4 Å². The number of hydrogen-bond acceptors (Lipinski definition) is 4. The topological polar surface area (TPSA) is 64.4 Å². The van der Waals surface area contributed by atoms with Crippen LogP contribution in [-0.4, -0.2) is 18.2 Å². The SMILES string of the molecule is COc1ccc2c(c1)CCc1c-2noc1-c1ccc(C)c(NC(=O)C(C)(C)C)c1. The van der Waals surface area contributed by atoms with E-state index >= 15 is 0 Å². The second-order valence-corrected chi connectivity index (χ2v) is 8.60. The van der Waals surface area contributed by atoms with Gasteiger partial charge in [0.15, 0.2) is 5.76 Å². The van der Waals surface area contributed by atoms with Gasteiger partial charge in [-0.1, -0.05) is 38.1 Å². The minimum Gasteiger partial charge on any atom is -0.497 e. The molecule has 0 fully saturated rings. The molecule has 0 spiro atoms. The normalized spacial score (nSPS) is 12.9. The van der Waals surface area contributed by atoms with E-state index in [0.29, 0.717) is 0 Å². The van der Waals surface area contributed by atoms with E-state index in [1.807, 2.05) is 58.0 Å². The van der Waals surface area contributed by atoms with Gasteiger partial charge in [0.25, 0.3) is 0 Å². The van der Waals surface area contributed by atoms with Crippen LogP contribution in [0.2, 0.25) is 0 Å². The number of aromatic nitrogens is 1. The highest BCUT2D eigenvalue weighted by atomic mass is 16.5. The molecule has 0 atom stereocenters. The summed E-state index contributed by atoms with van der Waals surface area (Å²) in [5.74, 6) is 1.61. The Morgan fingerprint density at radius 1 is 1.14 bits per heavy atom. The first kappa shape index (κ1) is 19.2. The van der Waals surface area contributed by atoms with Crippen LogP contribution in [-0.2, 0) is 17.6 Å². The van der Waals surface area contributed by atoms with Crippen LogP contribution in [0, 0.1) is 12.3 Å². The van der Waals surface area contributed by atoms with Crippen LogP contribution in [0.5, 0.6) is 5.75 Å². The summed E-state index contributed by atoms with van der Waals surface area (Å²) in [7, 11) is 1.68. The van der Waals surface area contributed by atoms with Crippen molar-refractivity contribution in [2.24, 2.45) is 5.41 Å². The highest BCUT2D eigenvalue weighted by molar-refractivity contribution is 5.95. The first-order valence-corrected chi connectivity index (χ1v) is 9.86. The lowest BCUT2D eigenvalue weighted by Crippen LogP contribution is -2.27. The van der Waals surface area contributed by atoms with Crippen LogP contribution < -0.4 is 10.1 Å². The number of methoxy groups -OCH3 is 1. The standard InChI is InChI=1S/C24H26N2O3/c1-14-6-7-16(13-20(14)25-23(27)24(2,3)4)22-19-10-8-15-12-17(28-5)9-11-18(15)21(19)26-29-22/h6-7,9,11-13H,8,10H2,1-5H3,(H,25,27). The third-order valence-corrected chi connectivity index (χ3v) is 5.43. The maximum Gasteiger partial charge on any atom is 0.229 e. The van der Waals surface area contributed by atoms with Gasteiger partial charge in [0.2, 0.25) is 5.91 Å². The first-order chi connectivity index (χ1) is 13.8. The van der Waals surface area contributed by atoms with E-state index in [-0.39, 0.29) is 5.91 Å². The Bertz CT molecular complexity index is 1090. The summed E-state index contributed by atoms with van der Waals surface area (Å²) in [6, 6.07) is 12.1. The van der Waals surface area contributed by atoms with Crippen molar-refractivity contribution in [1.82, 2.24) is 5.16 Å². The Kier molecular flexibility index (Phi) is 4.69. The molecule has 0 radical (unpaired) electrons. The zero-order valence-electron chi connectivity index (χ0n) is 17.6. The lowest BCUT2D eigenvalue weighted by atomic mass is 9.88. The van der Waals surface area contributed by atoms with Crippen LogP contribution in [0.4, 0.5) is 5.69 Å². The van der Waals surface area contributed by atoms with Gasteiger partial charge in [-0.05, 0) is 55.2 Å². The summed E-state index contributed by atoms with van der Waals surface area (Å²) in [4.78, 5) is 12.4. The number of rotatable bonds is 3. The Labute approximate surface area is 171 Å². The summed E-state index contributed by atoms with van der Waals surface area (Å²) < 4.78 is 11.1. The number of hydrogen-bond donors (Lipinski definition) is 1. The predicted octanol–water partition coefficient (Wildman–Crippen LogP) is 5.41. The average Bonchev–Trinajstić information content (AvgIpc) is 3.13. The zero-order chi connectivity index (χ0) is 20.8. The Balaban J connectivity index is 1.72. The van der Waals surface area contributed by atoms with Crippen molar-refractivity contribution in [3.63, 3.8) is 0 Å². The smallest absolute Gasteiger partial charge is 0.229 e. The molecule has 0 saturated heterocycles. The number of anilines is 1. The van der Waals surface area contributed by atoms with E-state index in [1.54, 1.807) is 7.11 Å². The van der Waals surface area contributed by atoms with Gasteiger partial charge < -0.3 is 14.6 Å². The van der Waals surface area contributed by atoms with Crippen molar-refractivity contribution in [2.75, 3.05) is 12.4 Å². The first-order valence-electron chi connectivity index (χ1n) is 9.86. The molecule has 1 heterocycles. The molecule has 29 heavy (non-hydrogen) atoms. The molecule has 0 aliphatic heterocycles. The number of nitrogens with zero attached hydrogens (tertiary/aromatic N) is 1. The van der Waals surface area contributed by atoms with Crippen LogP contribution in [0.25, 0.3) is 22.6 Å². The molecule has 1 aliphatic rings. The van der Waals surface area contributed by atoms with Crippen molar-refractivity contribution in [3.8, 4) is 28.3 Å². The maximum absolute atomic E-state index is 12.4. The van der Waals surface area contributed by atoms with E-state index in [0.717, 1.165) is 58.0 Å². The molecule has 0 bridgehead atoms. The number of benzene rings is 2. The second kappa shape index (κ2) is 7.07. The minimum atomic E-state index is -0.460. The molecule has 5 nitrogen and oxygen atoms in total. The summed E-state index contributed by atoms with van der Waals surface area (Å²) in [5, 5.41) is 7.43. The van der Waals surface area contributed by atoms with E-state index in [9.17, 15) is 4.79 Å². The molecular weight excluding hydrogens is 364 g/mol. The lowest BCUT2D eigenvalue weighted by molar-refractivity contribution is -0.123. The van der Waals surface area contributed by atoms with Gasteiger partial charge in [0, 0.05) is 27.8 Å². The largest absolute Gasteiger partial charge is 0.497 e. The molecule has 1 N–H and O–H groups in total. The summed E-state index contributed by atoms with van der Waals surface area (Å²) in [6.07, 6.45) is 1.76. The summed E-state index contributed by atoms with van der Waals surface area (Å²) in [5.41, 5.74) is 6.59. The fourth-order valence-electron chi connectivity index (χ4n) is 3.58. The van der Waals surface area contributed by atoms with Crippen LogP contribution in [0.15, 0.2) is 40.9 Å². The van der Waals surface area contributed by atoms with Crippen molar-refractivity contribution >= 4 is 11.6 Å². The van der Waals surface area contributed by atoms with Crippen LogP contribution in [0.1, 0.15) is 37.5 Å². The fourth-order valence-corrected chi connectivity index (χ4v) is 3.58. The second-order valence-electron chi connectivity index (χ2n) is 8.60. The highest BCUT2D eigenvalue weighted by Gasteiger charge is 2.26. The van der Waals surface area contributed by atoms with Gasteiger partial charge in [-0.15, -0.1) is 0 Å². The van der Waals surface area contributed by atoms with Crippen molar-refractivity contribution in [1.29, 1.82) is 0 Å². The molecule has 0 saturated carbocycles. The maximum atomic E-state index is 12.4. The lowest BCUT2D eigenvalue weighted by Gasteiger charge is -2.19.